The molecule has 0 saturated heterocycles. The van der Waals surface area contributed by atoms with Gasteiger partial charge in [0.1, 0.15) is 10.6 Å². The van der Waals surface area contributed by atoms with Crippen molar-refractivity contribution in [2.45, 2.75) is 44.6 Å². The Balaban J connectivity index is 1.96. The van der Waals surface area contributed by atoms with Crippen molar-refractivity contribution in [3.63, 3.8) is 0 Å². The number of likely N-dealkylation sites (N-methyl/N-ethyl adjacent to an activating group) is 1. The second-order valence-electron chi connectivity index (χ2n) is 5.89. The minimum Gasteiger partial charge on any atom is -0.388 e. The number of aryl methyl sites for hydroxylation is 1. The first-order chi connectivity index (χ1) is 10.0. The zero-order valence-corrected chi connectivity index (χ0v) is 14.0. The highest BCUT2D eigenvalue weighted by atomic mass is 35.5. The molecule has 0 aromatic carbocycles. The molecule has 1 N–H and O–H groups in total. The predicted molar refractivity (Wildman–Crippen MR) is 88.5 cm³/mol. The van der Waals surface area contributed by atoms with Gasteiger partial charge < -0.3 is 10.0 Å². The van der Waals surface area contributed by atoms with E-state index in [2.05, 4.69) is 23.0 Å². The first-order valence-electron chi connectivity index (χ1n) is 7.40. The van der Waals surface area contributed by atoms with Gasteiger partial charge in [-0.1, -0.05) is 19.8 Å². The molecule has 0 unspecified atom stereocenters. The number of nitrogens with zero attached hydrogens (tertiary/aromatic N) is 3. The summed E-state index contributed by atoms with van der Waals surface area (Å²) in [5.41, 5.74) is -0.595. The van der Waals surface area contributed by atoms with Crippen LogP contribution in [-0.4, -0.2) is 34.3 Å². The van der Waals surface area contributed by atoms with Crippen LogP contribution in [0.5, 0.6) is 0 Å². The van der Waals surface area contributed by atoms with Crippen LogP contribution in [0, 0.1) is 0 Å². The zero-order valence-electron chi connectivity index (χ0n) is 12.4. The molecule has 2 aromatic rings. The van der Waals surface area contributed by atoms with Crippen molar-refractivity contribution in [2.75, 3.05) is 18.5 Å². The van der Waals surface area contributed by atoms with E-state index < -0.39 is 5.60 Å². The fourth-order valence-corrected chi connectivity index (χ4v) is 4.28. The Kier molecular flexibility index (Phi) is 4.08. The van der Waals surface area contributed by atoms with Crippen molar-refractivity contribution in [1.82, 2.24) is 9.97 Å². The van der Waals surface area contributed by atoms with Crippen molar-refractivity contribution >= 4 is 39.0 Å². The lowest BCUT2D eigenvalue weighted by molar-refractivity contribution is 0.0558. The van der Waals surface area contributed by atoms with E-state index in [9.17, 15) is 5.11 Å². The number of anilines is 1. The Morgan fingerprint density at radius 2 is 2.10 bits per heavy atom. The lowest BCUT2D eigenvalue weighted by Gasteiger charge is -2.29. The van der Waals surface area contributed by atoms with Gasteiger partial charge in [0.15, 0.2) is 0 Å². The topological polar surface area (TPSA) is 49.2 Å². The molecule has 2 aromatic heterocycles. The molecular formula is C15H20ClN3OS. The predicted octanol–water partition coefficient (Wildman–Crippen LogP) is 3.65. The number of hydrogen-bond donors (Lipinski definition) is 1. The van der Waals surface area contributed by atoms with Crippen LogP contribution in [0.3, 0.4) is 0 Å². The van der Waals surface area contributed by atoms with E-state index in [0.717, 1.165) is 48.1 Å². The van der Waals surface area contributed by atoms with Gasteiger partial charge in [-0.2, -0.15) is 4.98 Å². The van der Waals surface area contributed by atoms with Crippen molar-refractivity contribution in [2.24, 2.45) is 0 Å². The quantitative estimate of drug-likeness (QED) is 0.872. The summed E-state index contributed by atoms with van der Waals surface area (Å²) in [5, 5.41) is 11.9. The van der Waals surface area contributed by atoms with Crippen LogP contribution in [0.15, 0.2) is 6.07 Å². The van der Waals surface area contributed by atoms with Gasteiger partial charge in [-0.25, -0.2) is 4.98 Å². The largest absolute Gasteiger partial charge is 0.388 e. The van der Waals surface area contributed by atoms with Crippen LogP contribution in [-0.2, 0) is 6.42 Å². The van der Waals surface area contributed by atoms with E-state index in [-0.39, 0.29) is 5.28 Å². The maximum atomic E-state index is 10.6. The molecule has 0 bridgehead atoms. The molecule has 21 heavy (non-hydrogen) atoms. The molecular weight excluding hydrogens is 306 g/mol. The summed E-state index contributed by atoms with van der Waals surface area (Å²) < 4.78 is 0. The summed E-state index contributed by atoms with van der Waals surface area (Å²) in [4.78, 5) is 12.9. The lowest BCUT2D eigenvalue weighted by atomic mass is 10.0. The zero-order chi connectivity index (χ0) is 15.0. The molecule has 1 aliphatic rings. The molecule has 0 aliphatic heterocycles. The molecule has 0 radical (unpaired) electrons. The van der Waals surface area contributed by atoms with Gasteiger partial charge in [0, 0.05) is 18.5 Å². The fraction of sp³-hybridized carbons (Fsp3) is 0.600. The number of aliphatic hydroxyl groups is 1. The van der Waals surface area contributed by atoms with Crippen LogP contribution in [0.1, 0.15) is 37.5 Å². The number of fused-ring (bicyclic) bond motifs is 1. The summed E-state index contributed by atoms with van der Waals surface area (Å²) in [5.74, 6) is 0.821. The second-order valence-corrected chi connectivity index (χ2v) is 7.34. The molecule has 2 heterocycles. The van der Waals surface area contributed by atoms with Crippen molar-refractivity contribution in [1.29, 1.82) is 0 Å². The molecule has 114 valence electrons. The molecule has 1 fully saturated rings. The third-order valence-electron chi connectivity index (χ3n) is 4.17. The normalized spacial score (nSPS) is 17.5. The number of halogens is 1. The summed E-state index contributed by atoms with van der Waals surface area (Å²) in [7, 11) is 1.97. The highest BCUT2D eigenvalue weighted by Gasteiger charge is 2.33. The molecule has 4 nitrogen and oxygen atoms in total. The Morgan fingerprint density at radius 1 is 1.38 bits per heavy atom. The minimum atomic E-state index is -0.595. The Labute approximate surface area is 133 Å². The first-order valence-corrected chi connectivity index (χ1v) is 8.60. The molecule has 1 saturated carbocycles. The van der Waals surface area contributed by atoms with E-state index in [1.165, 1.54) is 4.88 Å². The molecule has 0 amide bonds. The van der Waals surface area contributed by atoms with Crippen LogP contribution in [0.4, 0.5) is 5.82 Å². The van der Waals surface area contributed by atoms with E-state index in [4.69, 9.17) is 11.6 Å². The summed E-state index contributed by atoms with van der Waals surface area (Å²) >= 11 is 7.73. The van der Waals surface area contributed by atoms with Crippen molar-refractivity contribution in [3.8, 4) is 0 Å². The summed E-state index contributed by atoms with van der Waals surface area (Å²) in [6.45, 7) is 2.72. The molecule has 0 atom stereocenters. The van der Waals surface area contributed by atoms with E-state index >= 15 is 0 Å². The van der Waals surface area contributed by atoms with Gasteiger partial charge in [0.2, 0.25) is 5.28 Å². The van der Waals surface area contributed by atoms with Crippen LogP contribution < -0.4 is 4.90 Å². The number of aromatic nitrogens is 2. The minimum absolute atomic E-state index is 0.271. The molecule has 0 spiro atoms. The first kappa shape index (κ1) is 15.0. The van der Waals surface area contributed by atoms with Crippen LogP contribution in [0.25, 0.3) is 10.2 Å². The van der Waals surface area contributed by atoms with Crippen LogP contribution >= 0.6 is 22.9 Å². The smallest absolute Gasteiger partial charge is 0.225 e. The standard InChI is InChI=1S/C15H20ClN3OS/c1-3-10-8-11-12(17-14(16)18-13(11)21-10)19(2)9-15(20)6-4-5-7-15/h8,20H,3-7,9H2,1-2H3. The fourth-order valence-electron chi connectivity index (χ4n) is 3.10. The van der Waals surface area contributed by atoms with Crippen molar-refractivity contribution < 1.29 is 5.11 Å². The average Bonchev–Trinajstić information content (AvgIpc) is 3.03. The van der Waals surface area contributed by atoms with Gasteiger partial charge in [-0.3, -0.25) is 0 Å². The Hall–Kier alpha value is -0.910. The highest BCUT2D eigenvalue weighted by Crippen LogP contribution is 2.35. The van der Waals surface area contributed by atoms with Crippen molar-refractivity contribution in [3.05, 3.63) is 16.2 Å². The third kappa shape index (κ3) is 3.00. The molecule has 3 rings (SSSR count). The number of hydrogen-bond acceptors (Lipinski definition) is 5. The van der Waals surface area contributed by atoms with Gasteiger partial charge in [-0.15, -0.1) is 11.3 Å². The molecule has 1 aliphatic carbocycles. The highest BCUT2D eigenvalue weighted by molar-refractivity contribution is 7.18. The Bertz CT molecular complexity index is 652. The average molecular weight is 326 g/mol. The van der Waals surface area contributed by atoms with E-state index in [1.54, 1.807) is 11.3 Å². The van der Waals surface area contributed by atoms with Gasteiger partial charge in [0.25, 0.3) is 0 Å². The molecule has 6 heteroatoms. The van der Waals surface area contributed by atoms with E-state index in [0.29, 0.717) is 6.54 Å². The SMILES string of the molecule is CCc1cc2c(N(C)CC3(O)CCCC3)nc(Cl)nc2s1. The monoisotopic (exact) mass is 325 g/mol. The van der Waals surface area contributed by atoms with Crippen LogP contribution in [0.2, 0.25) is 5.28 Å². The Morgan fingerprint density at radius 3 is 2.76 bits per heavy atom. The third-order valence-corrected chi connectivity index (χ3v) is 5.51. The van der Waals surface area contributed by atoms with Gasteiger partial charge in [-0.05, 0) is 36.9 Å². The summed E-state index contributed by atoms with van der Waals surface area (Å²) in [6, 6.07) is 2.14. The lowest BCUT2D eigenvalue weighted by Crippen LogP contribution is -2.39. The second kappa shape index (κ2) is 5.71. The summed E-state index contributed by atoms with van der Waals surface area (Å²) in [6.07, 6.45) is 4.91. The number of rotatable bonds is 4. The number of thiophene rings is 1. The van der Waals surface area contributed by atoms with E-state index in [1.807, 2.05) is 11.9 Å². The maximum absolute atomic E-state index is 10.6. The maximum Gasteiger partial charge on any atom is 0.225 e. The van der Waals surface area contributed by atoms with Gasteiger partial charge >= 0.3 is 0 Å². The van der Waals surface area contributed by atoms with Gasteiger partial charge in [0.05, 0.1) is 11.0 Å².